The summed E-state index contributed by atoms with van der Waals surface area (Å²) in [7, 11) is 1.63. The summed E-state index contributed by atoms with van der Waals surface area (Å²) in [6, 6.07) is 11.3. The van der Waals surface area contributed by atoms with Gasteiger partial charge in [0.15, 0.2) is 5.76 Å². The van der Waals surface area contributed by atoms with Crippen LogP contribution in [0.3, 0.4) is 0 Å². The molecule has 1 fully saturated rings. The van der Waals surface area contributed by atoms with Crippen LogP contribution in [0.1, 0.15) is 17.4 Å². The second-order valence-corrected chi connectivity index (χ2v) is 7.52. The number of carbonyl (C=O) groups is 1. The fraction of sp³-hybridized carbons (Fsp3) is 0.364. The predicted octanol–water partition coefficient (Wildman–Crippen LogP) is 2.50. The number of ether oxygens (including phenoxy) is 1. The normalized spacial score (nSPS) is 19.1. The van der Waals surface area contributed by atoms with Gasteiger partial charge in [-0.25, -0.2) is 9.78 Å². The van der Waals surface area contributed by atoms with Crippen LogP contribution < -0.4 is 20.4 Å². The van der Waals surface area contributed by atoms with Crippen molar-refractivity contribution in [2.45, 2.75) is 6.04 Å². The number of aromatic nitrogens is 1. The van der Waals surface area contributed by atoms with Gasteiger partial charge in [-0.1, -0.05) is 18.2 Å². The average Bonchev–Trinajstić information content (AvgIpc) is 3.18. The molecule has 2 aliphatic rings. The molecule has 1 saturated heterocycles. The monoisotopic (exact) mass is 407 g/mol. The molecular weight excluding hydrogens is 382 g/mol. The molecule has 0 spiro atoms. The second kappa shape index (κ2) is 7.97. The molecule has 156 valence electrons. The molecule has 1 unspecified atom stereocenters. The van der Waals surface area contributed by atoms with Crippen molar-refractivity contribution >= 4 is 28.5 Å². The first-order chi connectivity index (χ1) is 14.8. The van der Waals surface area contributed by atoms with Crippen LogP contribution in [0.2, 0.25) is 0 Å². The SMILES string of the molecule is COCCN1C(=O)NC(c2ccc(N3CCNCC3)nc2)c2oc3ccccc3c21. The number of nitrogens with one attached hydrogen (secondary N) is 2. The largest absolute Gasteiger partial charge is 0.456 e. The number of para-hydroxylation sites is 1. The quantitative estimate of drug-likeness (QED) is 0.676. The number of furan rings is 1. The molecule has 2 amide bonds. The summed E-state index contributed by atoms with van der Waals surface area (Å²) in [5, 5.41) is 7.36. The van der Waals surface area contributed by atoms with E-state index >= 15 is 0 Å². The van der Waals surface area contributed by atoms with E-state index in [1.807, 2.05) is 42.6 Å². The lowest BCUT2D eigenvalue weighted by atomic mass is 10.0. The van der Waals surface area contributed by atoms with E-state index in [9.17, 15) is 4.79 Å². The Bertz CT molecular complexity index is 1040. The maximum Gasteiger partial charge on any atom is 0.322 e. The molecular formula is C22H25N5O3. The Morgan fingerprint density at radius 3 is 2.80 bits per heavy atom. The lowest BCUT2D eigenvalue weighted by Crippen LogP contribution is -2.47. The number of fused-ring (bicyclic) bond motifs is 3. The molecule has 2 aromatic heterocycles. The number of piperazine rings is 1. The topological polar surface area (TPSA) is 82.9 Å². The van der Waals surface area contributed by atoms with Gasteiger partial charge in [0.25, 0.3) is 0 Å². The molecule has 1 aromatic carbocycles. The molecule has 2 aliphatic heterocycles. The molecule has 4 heterocycles. The van der Waals surface area contributed by atoms with Crippen LogP contribution in [0.15, 0.2) is 47.0 Å². The van der Waals surface area contributed by atoms with E-state index < -0.39 is 0 Å². The van der Waals surface area contributed by atoms with Gasteiger partial charge in [0, 0.05) is 50.4 Å². The van der Waals surface area contributed by atoms with Gasteiger partial charge < -0.3 is 24.7 Å². The smallest absolute Gasteiger partial charge is 0.322 e. The maximum atomic E-state index is 13.0. The lowest BCUT2D eigenvalue weighted by Gasteiger charge is -2.32. The van der Waals surface area contributed by atoms with Crippen molar-refractivity contribution < 1.29 is 13.9 Å². The van der Waals surface area contributed by atoms with Gasteiger partial charge in [-0.05, 0) is 18.2 Å². The van der Waals surface area contributed by atoms with E-state index in [4.69, 9.17) is 9.15 Å². The van der Waals surface area contributed by atoms with E-state index in [0.717, 1.165) is 60.0 Å². The third-order valence-electron chi connectivity index (χ3n) is 5.70. The Kier molecular flexibility index (Phi) is 5.02. The van der Waals surface area contributed by atoms with Crippen molar-refractivity contribution in [3.05, 3.63) is 53.9 Å². The molecule has 8 heteroatoms. The second-order valence-electron chi connectivity index (χ2n) is 7.52. The fourth-order valence-corrected chi connectivity index (χ4v) is 4.17. The van der Waals surface area contributed by atoms with Crippen LogP contribution in [0, 0.1) is 0 Å². The third kappa shape index (κ3) is 3.28. The number of benzene rings is 1. The summed E-state index contributed by atoms with van der Waals surface area (Å²) in [6.45, 7) is 4.69. The Labute approximate surface area is 174 Å². The highest BCUT2D eigenvalue weighted by Crippen LogP contribution is 2.42. The van der Waals surface area contributed by atoms with Crippen LogP contribution in [-0.2, 0) is 4.74 Å². The van der Waals surface area contributed by atoms with Crippen LogP contribution in [0.5, 0.6) is 0 Å². The number of hydrogen-bond donors (Lipinski definition) is 2. The number of rotatable bonds is 5. The minimum absolute atomic E-state index is 0.165. The fourth-order valence-electron chi connectivity index (χ4n) is 4.17. The Hall–Kier alpha value is -3.10. The minimum atomic E-state index is -0.386. The van der Waals surface area contributed by atoms with Gasteiger partial charge in [0.1, 0.15) is 17.4 Å². The highest BCUT2D eigenvalue weighted by atomic mass is 16.5. The Balaban J connectivity index is 1.52. The summed E-state index contributed by atoms with van der Waals surface area (Å²) in [4.78, 5) is 21.6. The number of carbonyl (C=O) groups excluding carboxylic acids is 1. The number of anilines is 2. The number of methoxy groups -OCH3 is 1. The maximum absolute atomic E-state index is 13.0. The molecule has 30 heavy (non-hydrogen) atoms. The average molecular weight is 407 g/mol. The first-order valence-corrected chi connectivity index (χ1v) is 10.3. The molecule has 0 bridgehead atoms. The first kappa shape index (κ1) is 18.9. The van der Waals surface area contributed by atoms with E-state index in [-0.39, 0.29) is 12.1 Å². The van der Waals surface area contributed by atoms with Crippen LogP contribution in [0.25, 0.3) is 11.0 Å². The zero-order chi connectivity index (χ0) is 20.5. The van der Waals surface area contributed by atoms with Gasteiger partial charge in [0.2, 0.25) is 0 Å². The van der Waals surface area contributed by atoms with E-state index in [0.29, 0.717) is 13.2 Å². The molecule has 0 saturated carbocycles. The van der Waals surface area contributed by atoms with Gasteiger partial charge in [-0.3, -0.25) is 4.90 Å². The van der Waals surface area contributed by atoms with E-state index in [1.165, 1.54) is 0 Å². The van der Waals surface area contributed by atoms with Crippen LogP contribution >= 0.6 is 0 Å². The highest BCUT2D eigenvalue weighted by molar-refractivity contribution is 6.05. The molecule has 1 atom stereocenters. The summed E-state index contributed by atoms with van der Waals surface area (Å²) in [5.74, 6) is 1.68. The predicted molar refractivity (Wildman–Crippen MR) is 115 cm³/mol. The number of urea groups is 1. The first-order valence-electron chi connectivity index (χ1n) is 10.3. The van der Waals surface area contributed by atoms with Crippen LogP contribution in [0.4, 0.5) is 16.3 Å². The van der Waals surface area contributed by atoms with Gasteiger partial charge in [0.05, 0.1) is 18.8 Å². The molecule has 5 rings (SSSR count). The zero-order valence-electron chi connectivity index (χ0n) is 16.9. The number of pyridine rings is 1. The lowest BCUT2D eigenvalue weighted by molar-refractivity contribution is 0.201. The highest BCUT2D eigenvalue weighted by Gasteiger charge is 2.36. The number of hydrogen-bond acceptors (Lipinski definition) is 6. The van der Waals surface area contributed by atoms with Gasteiger partial charge >= 0.3 is 6.03 Å². The summed E-state index contributed by atoms with van der Waals surface area (Å²) < 4.78 is 11.4. The standard InChI is InChI=1S/C22H25N5O3/c1-29-13-12-27-20-16-4-2-3-5-17(16)30-21(20)19(25-22(27)28)15-6-7-18(24-14-15)26-10-8-23-9-11-26/h2-7,14,19,23H,8-13H2,1H3,(H,25,28). The van der Waals surface area contributed by atoms with Crippen molar-refractivity contribution in [3.63, 3.8) is 0 Å². The molecule has 3 aromatic rings. The minimum Gasteiger partial charge on any atom is -0.456 e. The van der Waals surface area contributed by atoms with Gasteiger partial charge in [-0.15, -0.1) is 0 Å². The summed E-state index contributed by atoms with van der Waals surface area (Å²) in [5.41, 5.74) is 2.47. The van der Waals surface area contributed by atoms with E-state index in [2.05, 4.69) is 20.5 Å². The van der Waals surface area contributed by atoms with Crippen molar-refractivity contribution in [2.24, 2.45) is 0 Å². The van der Waals surface area contributed by atoms with Crippen LogP contribution in [-0.4, -0.2) is 57.5 Å². The summed E-state index contributed by atoms with van der Waals surface area (Å²) in [6.07, 6.45) is 1.84. The molecule has 8 nitrogen and oxygen atoms in total. The number of nitrogens with zero attached hydrogens (tertiary/aromatic N) is 3. The van der Waals surface area contributed by atoms with Crippen molar-refractivity contribution in [1.82, 2.24) is 15.6 Å². The molecule has 0 aliphatic carbocycles. The molecule has 2 N–H and O–H groups in total. The molecule has 0 radical (unpaired) electrons. The van der Waals surface area contributed by atoms with Crippen molar-refractivity contribution in [2.75, 3.05) is 56.2 Å². The zero-order valence-corrected chi connectivity index (χ0v) is 16.9. The Morgan fingerprint density at radius 2 is 2.03 bits per heavy atom. The van der Waals surface area contributed by atoms with Crippen molar-refractivity contribution in [3.8, 4) is 0 Å². The van der Waals surface area contributed by atoms with Gasteiger partial charge in [-0.2, -0.15) is 0 Å². The van der Waals surface area contributed by atoms with Crippen molar-refractivity contribution in [1.29, 1.82) is 0 Å². The number of amides is 2. The van der Waals surface area contributed by atoms with E-state index in [1.54, 1.807) is 12.0 Å². The Morgan fingerprint density at radius 1 is 1.20 bits per heavy atom. The third-order valence-corrected chi connectivity index (χ3v) is 5.70. The summed E-state index contributed by atoms with van der Waals surface area (Å²) >= 11 is 0.